The van der Waals surface area contributed by atoms with Crippen molar-refractivity contribution in [3.63, 3.8) is 0 Å². The van der Waals surface area contributed by atoms with Crippen molar-refractivity contribution < 1.29 is 18.0 Å². The number of anilines is 1. The van der Waals surface area contributed by atoms with Crippen LogP contribution in [0.1, 0.15) is 32.3 Å². The third kappa shape index (κ3) is 4.80. The Morgan fingerprint density at radius 2 is 1.88 bits per heavy atom. The topological polar surface area (TPSA) is 83.6 Å². The van der Waals surface area contributed by atoms with Gasteiger partial charge in [0.15, 0.2) is 9.84 Å². The van der Waals surface area contributed by atoms with Gasteiger partial charge in [-0.05, 0) is 37.5 Å². The van der Waals surface area contributed by atoms with Crippen molar-refractivity contribution in [2.75, 3.05) is 23.4 Å². The normalized spacial score (nSPS) is 19.0. The van der Waals surface area contributed by atoms with Crippen LogP contribution in [0.25, 0.3) is 0 Å². The van der Waals surface area contributed by atoms with E-state index in [0.717, 1.165) is 6.42 Å². The molecule has 0 radical (unpaired) electrons. The van der Waals surface area contributed by atoms with Crippen LogP contribution in [-0.4, -0.2) is 49.2 Å². The molecule has 2 amide bonds. The number of amides is 2. The minimum atomic E-state index is -3.06. The predicted octanol–water partition coefficient (Wildman–Crippen LogP) is 1.61. The van der Waals surface area contributed by atoms with Crippen LogP contribution in [0.2, 0.25) is 0 Å². The molecule has 6 nitrogen and oxygen atoms in total. The highest BCUT2D eigenvalue weighted by atomic mass is 32.2. The molecule has 1 fully saturated rings. The Morgan fingerprint density at radius 1 is 1.21 bits per heavy atom. The third-order valence-corrected chi connectivity index (χ3v) is 6.02. The monoisotopic (exact) mass is 352 g/mol. The van der Waals surface area contributed by atoms with Gasteiger partial charge in [0.2, 0.25) is 11.8 Å². The van der Waals surface area contributed by atoms with Gasteiger partial charge in [0.1, 0.15) is 6.42 Å². The van der Waals surface area contributed by atoms with E-state index in [1.54, 1.807) is 6.92 Å². The summed E-state index contributed by atoms with van der Waals surface area (Å²) in [6.45, 7) is 4.25. The average Bonchev–Trinajstić information content (AvgIpc) is 2.88. The van der Waals surface area contributed by atoms with Gasteiger partial charge in [-0.2, -0.15) is 0 Å². The molecule has 0 aromatic heterocycles. The van der Waals surface area contributed by atoms with Gasteiger partial charge in [0.05, 0.1) is 11.5 Å². The summed E-state index contributed by atoms with van der Waals surface area (Å²) in [5.74, 6) is -0.616. The minimum Gasteiger partial charge on any atom is -0.338 e. The van der Waals surface area contributed by atoms with Crippen molar-refractivity contribution in [1.29, 1.82) is 0 Å². The van der Waals surface area contributed by atoms with Gasteiger partial charge >= 0.3 is 0 Å². The lowest BCUT2D eigenvalue weighted by molar-refractivity contribution is -0.135. The smallest absolute Gasteiger partial charge is 0.233 e. The van der Waals surface area contributed by atoms with Crippen molar-refractivity contribution in [3.8, 4) is 0 Å². The van der Waals surface area contributed by atoms with E-state index < -0.39 is 9.84 Å². The highest BCUT2D eigenvalue weighted by Crippen LogP contribution is 2.18. The summed E-state index contributed by atoms with van der Waals surface area (Å²) in [4.78, 5) is 25.9. The number of aryl methyl sites for hydroxylation is 1. The van der Waals surface area contributed by atoms with E-state index in [2.05, 4.69) is 12.2 Å². The maximum absolute atomic E-state index is 12.3. The van der Waals surface area contributed by atoms with Gasteiger partial charge in [-0.1, -0.05) is 19.1 Å². The summed E-state index contributed by atoms with van der Waals surface area (Å²) in [5.41, 5.74) is 1.82. The Hall–Kier alpha value is -1.89. The maximum Gasteiger partial charge on any atom is 0.233 e. The van der Waals surface area contributed by atoms with Crippen molar-refractivity contribution in [2.45, 2.75) is 39.2 Å². The standard InChI is InChI=1S/C17H24N2O4S/c1-3-13-5-7-14(8-6-13)18-16(20)11-17(21)19(4-2)15-9-10-24(22,23)12-15/h5-8,15H,3-4,9-12H2,1-2H3,(H,18,20). The maximum atomic E-state index is 12.3. The second kappa shape index (κ2) is 7.79. The van der Waals surface area contributed by atoms with E-state index in [9.17, 15) is 18.0 Å². The zero-order valence-electron chi connectivity index (χ0n) is 14.1. The second-order valence-electron chi connectivity index (χ2n) is 6.01. The molecular formula is C17H24N2O4S. The molecule has 24 heavy (non-hydrogen) atoms. The first-order valence-electron chi connectivity index (χ1n) is 8.23. The van der Waals surface area contributed by atoms with Crippen LogP contribution in [0, 0.1) is 0 Å². The Kier molecular flexibility index (Phi) is 5.99. The molecule has 1 aliphatic rings. The largest absolute Gasteiger partial charge is 0.338 e. The van der Waals surface area contributed by atoms with Gasteiger partial charge in [-0.25, -0.2) is 8.42 Å². The molecule has 7 heteroatoms. The molecule has 1 saturated heterocycles. The first-order valence-corrected chi connectivity index (χ1v) is 10.1. The quantitative estimate of drug-likeness (QED) is 0.789. The summed E-state index contributed by atoms with van der Waals surface area (Å²) >= 11 is 0. The van der Waals surface area contributed by atoms with Gasteiger partial charge < -0.3 is 10.2 Å². The van der Waals surface area contributed by atoms with E-state index in [0.29, 0.717) is 18.7 Å². The third-order valence-electron chi connectivity index (χ3n) is 4.27. The summed E-state index contributed by atoms with van der Waals surface area (Å²) in [6.07, 6.45) is 1.09. The van der Waals surface area contributed by atoms with Crippen LogP contribution < -0.4 is 5.32 Å². The lowest BCUT2D eigenvalue weighted by atomic mass is 10.1. The molecule has 1 N–H and O–H groups in total. The molecule has 1 unspecified atom stereocenters. The molecular weight excluding hydrogens is 328 g/mol. The molecule has 2 rings (SSSR count). The van der Waals surface area contributed by atoms with Gasteiger partial charge in [-0.3, -0.25) is 9.59 Å². The summed E-state index contributed by atoms with van der Waals surface area (Å²) in [7, 11) is -3.06. The number of carbonyl (C=O) groups excluding carboxylic acids is 2. The van der Waals surface area contributed by atoms with E-state index in [1.165, 1.54) is 10.5 Å². The van der Waals surface area contributed by atoms with Gasteiger partial charge in [0.25, 0.3) is 0 Å². The molecule has 0 saturated carbocycles. The highest BCUT2D eigenvalue weighted by molar-refractivity contribution is 7.91. The molecule has 1 aliphatic heterocycles. The van der Waals surface area contributed by atoms with Crippen molar-refractivity contribution in [1.82, 2.24) is 4.90 Å². The zero-order valence-corrected chi connectivity index (χ0v) is 14.9. The molecule has 1 aromatic carbocycles. The van der Waals surface area contributed by atoms with Crippen LogP contribution >= 0.6 is 0 Å². The molecule has 1 heterocycles. The molecule has 0 spiro atoms. The molecule has 0 aliphatic carbocycles. The highest BCUT2D eigenvalue weighted by Gasteiger charge is 2.34. The Balaban J connectivity index is 1.93. The van der Waals surface area contributed by atoms with Crippen LogP contribution in [0.3, 0.4) is 0 Å². The van der Waals surface area contributed by atoms with Crippen LogP contribution in [0.5, 0.6) is 0 Å². The lowest BCUT2D eigenvalue weighted by Gasteiger charge is -2.26. The number of carbonyl (C=O) groups is 2. The van der Waals surface area contributed by atoms with Crippen LogP contribution in [0.4, 0.5) is 5.69 Å². The number of sulfone groups is 1. The van der Waals surface area contributed by atoms with Crippen molar-refractivity contribution in [2.24, 2.45) is 0 Å². The van der Waals surface area contributed by atoms with Gasteiger partial charge in [-0.15, -0.1) is 0 Å². The Bertz CT molecular complexity index is 698. The zero-order chi connectivity index (χ0) is 17.7. The fraction of sp³-hybridized carbons (Fsp3) is 0.529. The number of hydrogen-bond acceptors (Lipinski definition) is 4. The first-order chi connectivity index (χ1) is 11.3. The molecule has 1 aromatic rings. The Morgan fingerprint density at radius 3 is 2.38 bits per heavy atom. The fourth-order valence-electron chi connectivity index (χ4n) is 2.93. The van der Waals surface area contributed by atoms with Crippen molar-refractivity contribution >= 4 is 27.3 Å². The summed E-state index contributed by atoms with van der Waals surface area (Å²) in [5, 5.41) is 2.71. The van der Waals surface area contributed by atoms with E-state index in [-0.39, 0.29) is 35.8 Å². The fourth-order valence-corrected chi connectivity index (χ4v) is 4.66. The first kappa shape index (κ1) is 18.4. The molecule has 0 bridgehead atoms. The van der Waals surface area contributed by atoms with E-state index in [4.69, 9.17) is 0 Å². The minimum absolute atomic E-state index is 0.00726. The van der Waals surface area contributed by atoms with Crippen LogP contribution in [-0.2, 0) is 25.8 Å². The summed E-state index contributed by atoms with van der Waals surface area (Å²) < 4.78 is 23.2. The number of rotatable bonds is 6. The average molecular weight is 352 g/mol. The Labute approximate surface area is 143 Å². The SMILES string of the molecule is CCc1ccc(NC(=O)CC(=O)N(CC)C2CCS(=O)(=O)C2)cc1. The predicted molar refractivity (Wildman–Crippen MR) is 93.5 cm³/mol. The lowest BCUT2D eigenvalue weighted by Crippen LogP contribution is -2.42. The summed E-state index contributed by atoms with van der Waals surface area (Å²) in [6, 6.07) is 7.16. The van der Waals surface area contributed by atoms with Crippen molar-refractivity contribution in [3.05, 3.63) is 29.8 Å². The van der Waals surface area contributed by atoms with E-state index >= 15 is 0 Å². The molecule has 1 atom stereocenters. The van der Waals surface area contributed by atoms with E-state index in [1.807, 2.05) is 24.3 Å². The van der Waals surface area contributed by atoms with Crippen LogP contribution in [0.15, 0.2) is 24.3 Å². The second-order valence-corrected chi connectivity index (χ2v) is 8.24. The van der Waals surface area contributed by atoms with Gasteiger partial charge in [0, 0.05) is 18.3 Å². The number of benzene rings is 1. The number of nitrogens with zero attached hydrogens (tertiary/aromatic N) is 1. The molecule has 132 valence electrons. The number of nitrogens with one attached hydrogen (secondary N) is 1. The number of hydrogen-bond donors (Lipinski definition) is 1.